The van der Waals surface area contributed by atoms with Crippen LogP contribution < -0.4 is 0 Å². The van der Waals surface area contributed by atoms with Gasteiger partial charge in [0.2, 0.25) is 0 Å². The first-order chi connectivity index (χ1) is 11.7. The summed E-state index contributed by atoms with van der Waals surface area (Å²) in [6.07, 6.45) is 6.71. The summed E-state index contributed by atoms with van der Waals surface area (Å²) < 4.78 is 27.8. The van der Waals surface area contributed by atoms with E-state index in [2.05, 4.69) is 13.2 Å². The van der Waals surface area contributed by atoms with Gasteiger partial charge in [-0.25, -0.2) is 4.79 Å². The van der Waals surface area contributed by atoms with Gasteiger partial charge in [0.25, 0.3) is 0 Å². The van der Waals surface area contributed by atoms with E-state index >= 15 is 0 Å². The molecular weight excluding hydrogens is 312 g/mol. The molecule has 2 aliphatic rings. The van der Waals surface area contributed by atoms with E-state index in [4.69, 9.17) is 23.7 Å². The lowest BCUT2D eigenvalue weighted by Gasteiger charge is -2.32. The molecule has 134 valence electrons. The minimum Gasteiger partial charge on any atom is -0.467 e. The number of allylic oxidation sites excluding steroid dienone is 1. The van der Waals surface area contributed by atoms with Gasteiger partial charge in [-0.1, -0.05) is 12.2 Å². The van der Waals surface area contributed by atoms with Crippen LogP contribution in [0.25, 0.3) is 0 Å². The number of hydrogen-bond acceptors (Lipinski definition) is 6. The molecule has 6 heteroatoms. The van der Waals surface area contributed by atoms with Crippen LogP contribution in [0, 0.1) is 0 Å². The summed E-state index contributed by atoms with van der Waals surface area (Å²) >= 11 is 0. The topological polar surface area (TPSA) is 63.2 Å². The highest BCUT2D eigenvalue weighted by Gasteiger charge is 2.49. The lowest BCUT2D eigenvalue weighted by Crippen LogP contribution is -2.40. The van der Waals surface area contributed by atoms with Crippen molar-refractivity contribution < 1.29 is 28.5 Å². The van der Waals surface area contributed by atoms with Crippen LogP contribution in [0.15, 0.2) is 36.6 Å². The molecule has 24 heavy (non-hydrogen) atoms. The second-order valence-corrected chi connectivity index (χ2v) is 5.84. The second kappa shape index (κ2) is 9.01. The van der Waals surface area contributed by atoms with Gasteiger partial charge >= 0.3 is 5.97 Å². The molecule has 0 aliphatic carbocycles. The Bertz CT molecular complexity index is 492. The highest BCUT2D eigenvalue weighted by molar-refractivity contribution is 5.93. The third-order valence-corrected chi connectivity index (χ3v) is 4.01. The summed E-state index contributed by atoms with van der Waals surface area (Å²) in [4.78, 5) is 12.3. The number of rotatable bonds is 10. The van der Waals surface area contributed by atoms with Crippen molar-refractivity contribution in [2.45, 2.75) is 44.0 Å². The van der Waals surface area contributed by atoms with E-state index in [1.807, 2.05) is 0 Å². The SMILES string of the molecule is C=CCC1=C(OCOC)[C@](CC=C)(COC2CCCCO2)OC1=O. The van der Waals surface area contributed by atoms with Gasteiger partial charge in [0.05, 0.1) is 12.2 Å². The van der Waals surface area contributed by atoms with Crippen molar-refractivity contribution >= 4 is 5.97 Å². The molecule has 0 N–H and O–H groups in total. The van der Waals surface area contributed by atoms with Crippen molar-refractivity contribution in [3.8, 4) is 0 Å². The number of ether oxygens (including phenoxy) is 5. The number of carbonyl (C=O) groups is 1. The number of cyclic esters (lactones) is 1. The van der Waals surface area contributed by atoms with E-state index in [0.29, 0.717) is 30.8 Å². The number of methoxy groups -OCH3 is 1. The summed E-state index contributed by atoms with van der Waals surface area (Å²) in [5.74, 6) is 0.0148. The van der Waals surface area contributed by atoms with Crippen molar-refractivity contribution in [2.24, 2.45) is 0 Å². The number of hydrogen-bond donors (Lipinski definition) is 0. The largest absolute Gasteiger partial charge is 0.467 e. The third-order valence-electron chi connectivity index (χ3n) is 4.01. The van der Waals surface area contributed by atoms with E-state index in [1.54, 1.807) is 12.2 Å². The van der Waals surface area contributed by atoms with Gasteiger partial charge in [0.15, 0.2) is 24.4 Å². The fraction of sp³-hybridized carbons (Fsp3) is 0.611. The highest BCUT2D eigenvalue weighted by Crippen LogP contribution is 2.39. The first-order valence-corrected chi connectivity index (χ1v) is 8.20. The molecule has 0 aromatic carbocycles. The van der Waals surface area contributed by atoms with Gasteiger partial charge in [-0.05, 0) is 19.3 Å². The Balaban J connectivity index is 2.20. The lowest BCUT2D eigenvalue weighted by atomic mass is 9.96. The first kappa shape index (κ1) is 18.7. The Morgan fingerprint density at radius 1 is 1.33 bits per heavy atom. The predicted molar refractivity (Wildman–Crippen MR) is 88.0 cm³/mol. The molecule has 0 bridgehead atoms. The maximum atomic E-state index is 12.3. The Morgan fingerprint density at radius 3 is 2.79 bits per heavy atom. The number of carbonyl (C=O) groups excluding carboxylic acids is 1. The first-order valence-electron chi connectivity index (χ1n) is 8.20. The molecule has 0 saturated carbocycles. The number of esters is 1. The Kier molecular flexibility index (Phi) is 7.02. The minimum atomic E-state index is -1.03. The molecule has 2 heterocycles. The molecule has 0 spiro atoms. The van der Waals surface area contributed by atoms with Gasteiger partial charge in [-0.3, -0.25) is 0 Å². The average Bonchev–Trinajstić information content (AvgIpc) is 2.85. The second-order valence-electron chi connectivity index (χ2n) is 5.84. The molecule has 1 saturated heterocycles. The normalized spacial score (nSPS) is 27.0. The molecule has 6 nitrogen and oxygen atoms in total. The van der Waals surface area contributed by atoms with Crippen LogP contribution in [0.5, 0.6) is 0 Å². The Morgan fingerprint density at radius 2 is 2.17 bits per heavy atom. The van der Waals surface area contributed by atoms with E-state index < -0.39 is 11.6 Å². The van der Waals surface area contributed by atoms with Gasteiger partial charge < -0.3 is 23.7 Å². The summed E-state index contributed by atoms with van der Waals surface area (Å²) in [5, 5.41) is 0. The van der Waals surface area contributed by atoms with Crippen LogP contribution in [-0.4, -0.2) is 45.0 Å². The summed E-state index contributed by atoms with van der Waals surface area (Å²) in [6, 6.07) is 0. The summed E-state index contributed by atoms with van der Waals surface area (Å²) in [5.41, 5.74) is -0.590. The molecule has 2 aliphatic heterocycles. The lowest BCUT2D eigenvalue weighted by molar-refractivity contribution is -0.198. The molecule has 0 amide bonds. The fourth-order valence-corrected chi connectivity index (χ4v) is 2.90. The van der Waals surface area contributed by atoms with Gasteiger partial charge in [-0.2, -0.15) is 0 Å². The molecule has 0 aromatic heterocycles. The summed E-state index contributed by atoms with van der Waals surface area (Å²) in [7, 11) is 1.52. The highest BCUT2D eigenvalue weighted by atomic mass is 16.7. The molecular formula is C18H26O6. The monoisotopic (exact) mass is 338 g/mol. The van der Waals surface area contributed by atoms with Crippen molar-refractivity contribution in [3.05, 3.63) is 36.6 Å². The molecule has 0 aromatic rings. The van der Waals surface area contributed by atoms with Gasteiger partial charge in [0.1, 0.15) is 0 Å². The maximum absolute atomic E-state index is 12.3. The van der Waals surface area contributed by atoms with Gasteiger partial charge in [-0.15, -0.1) is 13.2 Å². The van der Waals surface area contributed by atoms with Gasteiger partial charge in [0, 0.05) is 26.6 Å². The van der Waals surface area contributed by atoms with E-state index in [1.165, 1.54) is 7.11 Å². The standard InChI is InChI=1S/C18H26O6/c1-4-8-14-16(23-13-20-3)18(10-5-2,24-17(14)19)12-22-15-9-6-7-11-21-15/h4-5,15H,1-2,6-13H2,3H3/t15?,18-/m0/s1. The predicted octanol–water partition coefficient (Wildman–Crippen LogP) is 2.85. The van der Waals surface area contributed by atoms with Crippen LogP contribution in [0.1, 0.15) is 32.1 Å². The zero-order valence-corrected chi connectivity index (χ0v) is 14.3. The van der Waals surface area contributed by atoms with Crippen LogP contribution in [0.2, 0.25) is 0 Å². The Hall–Kier alpha value is -1.63. The molecule has 1 fully saturated rings. The van der Waals surface area contributed by atoms with Crippen molar-refractivity contribution in [3.63, 3.8) is 0 Å². The Labute approximate surface area is 143 Å². The quantitative estimate of drug-likeness (QED) is 0.347. The van der Waals surface area contributed by atoms with Crippen LogP contribution in [0.3, 0.4) is 0 Å². The molecule has 0 radical (unpaired) electrons. The molecule has 2 atom stereocenters. The van der Waals surface area contributed by atoms with E-state index in [-0.39, 0.29) is 19.7 Å². The van der Waals surface area contributed by atoms with E-state index in [0.717, 1.165) is 19.3 Å². The van der Waals surface area contributed by atoms with Crippen molar-refractivity contribution in [1.82, 2.24) is 0 Å². The molecule has 2 rings (SSSR count). The summed E-state index contributed by atoms with van der Waals surface area (Å²) in [6.45, 7) is 8.30. The average molecular weight is 338 g/mol. The minimum absolute atomic E-state index is 0.0193. The smallest absolute Gasteiger partial charge is 0.339 e. The van der Waals surface area contributed by atoms with Crippen LogP contribution in [-0.2, 0) is 28.5 Å². The van der Waals surface area contributed by atoms with Crippen LogP contribution >= 0.6 is 0 Å². The molecule has 1 unspecified atom stereocenters. The fourth-order valence-electron chi connectivity index (χ4n) is 2.90. The van der Waals surface area contributed by atoms with Crippen molar-refractivity contribution in [1.29, 1.82) is 0 Å². The zero-order chi connectivity index (χ0) is 17.4. The van der Waals surface area contributed by atoms with Crippen LogP contribution in [0.4, 0.5) is 0 Å². The third kappa shape index (κ3) is 4.26. The van der Waals surface area contributed by atoms with E-state index in [9.17, 15) is 4.79 Å². The van der Waals surface area contributed by atoms with Crippen molar-refractivity contribution in [2.75, 3.05) is 27.1 Å². The maximum Gasteiger partial charge on any atom is 0.339 e. The zero-order valence-electron chi connectivity index (χ0n) is 14.3.